The van der Waals surface area contributed by atoms with E-state index >= 15 is 0 Å². The van der Waals surface area contributed by atoms with Crippen LogP contribution in [0.3, 0.4) is 0 Å². The van der Waals surface area contributed by atoms with Crippen LogP contribution in [0.25, 0.3) is 0 Å². The molecule has 0 aromatic carbocycles. The van der Waals surface area contributed by atoms with Crippen LogP contribution in [0.2, 0.25) is 0 Å². The van der Waals surface area contributed by atoms with Crippen LogP contribution >= 0.6 is 0 Å². The minimum Gasteiger partial charge on any atom is -0.368 e. The second-order valence-corrected chi connectivity index (χ2v) is 4.57. The van der Waals surface area contributed by atoms with E-state index in [0.717, 1.165) is 29.2 Å². The maximum Gasteiger partial charge on any atom is 0.170 e. The van der Waals surface area contributed by atoms with Gasteiger partial charge in [-0.15, -0.1) is 0 Å². The minimum atomic E-state index is -0.869. The first-order valence-electron chi connectivity index (χ1n) is 5.74. The van der Waals surface area contributed by atoms with Crippen molar-refractivity contribution in [3.8, 4) is 0 Å². The number of aliphatic hydroxyl groups excluding tert-OH is 1. The number of aliphatic hydroxyl groups is 1. The van der Waals surface area contributed by atoms with E-state index in [1.807, 2.05) is 13.0 Å². The molecular weight excluding hydrogens is 190 g/mol. The normalized spacial score (nSPS) is 28.7. The standard InChI is InChI=1S/C12H19NO2/c1-9-7-11(13(15)12(14)8-9)10-5-3-2-4-6-10/h7-8,10,12,14-15H,2-6H2,1H3. The van der Waals surface area contributed by atoms with Gasteiger partial charge in [0.05, 0.1) is 0 Å². The van der Waals surface area contributed by atoms with E-state index in [1.165, 1.54) is 19.3 Å². The van der Waals surface area contributed by atoms with Crippen LogP contribution in [0, 0.1) is 5.92 Å². The van der Waals surface area contributed by atoms with Crippen molar-refractivity contribution in [3.63, 3.8) is 0 Å². The predicted molar refractivity (Wildman–Crippen MR) is 58.0 cm³/mol. The lowest BCUT2D eigenvalue weighted by atomic mass is 9.85. The van der Waals surface area contributed by atoms with Gasteiger partial charge in [0.1, 0.15) is 0 Å². The fraction of sp³-hybridized carbons (Fsp3) is 0.667. The number of rotatable bonds is 1. The molecule has 0 amide bonds. The van der Waals surface area contributed by atoms with Gasteiger partial charge in [-0.2, -0.15) is 0 Å². The van der Waals surface area contributed by atoms with Crippen molar-refractivity contribution < 1.29 is 10.3 Å². The number of hydrogen-bond donors (Lipinski definition) is 2. The molecule has 1 fully saturated rings. The van der Waals surface area contributed by atoms with E-state index in [4.69, 9.17) is 0 Å². The molecule has 0 spiro atoms. The van der Waals surface area contributed by atoms with Crippen molar-refractivity contribution in [2.24, 2.45) is 5.92 Å². The first-order valence-corrected chi connectivity index (χ1v) is 5.74. The Morgan fingerprint density at radius 1 is 1.27 bits per heavy atom. The van der Waals surface area contributed by atoms with Gasteiger partial charge in [-0.25, -0.2) is 5.06 Å². The van der Waals surface area contributed by atoms with Gasteiger partial charge in [-0.3, -0.25) is 5.21 Å². The van der Waals surface area contributed by atoms with Gasteiger partial charge >= 0.3 is 0 Å². The number of allylic oxidation sites excluding steroid dienone is 3. The average molecular weight is 209 g/mol. The zero-order valence-electron chi connectivity index (χ0n) is 9.19. The number of hydrogen-bond acceptors (Lipinski definition) is 3. The summed E-state index contributed by atoms with van der Waals surface area (Å²) < 4.78 is 0. The van der Waals surface area contributed by atoms with E-state index in [0.29, 0.717) is 5.92 Å². The Balaban J connectivity index is 2.15. The molecule has 2 aliphatic rings. The molecule has 1 heterocycles. The fourth-order valence-corrected chi connectivity index (χ4v) is 2.51. The Labute approximate surface area is 90.7 Å². The quantitative estimate of drug-likeness (QED) is 0.697. The summed E-state index contributed by atoms with van der Waals surface area (Å²) in [5, 5.41) is 20.4. The molecule has 1 saturated carbocycles. The highest BCUT2D eigenvalue weighted by Gasteiger charge is 2.26. The third-order valence-electron chi connectivity index (χ3n) is 3.33. The summed E-state index contributed by atoms with van der Waals surface area (Å²) in [4.78, 5) is 0. The second-order valence-electron chi connectivity index (χ2n) is 4.57. The lowest BCUT2D eigenvalue weighted by molar-refractivity contribution is -0.157. The average Bonchev–Trinajstić information content (AvgIpc) is 2.24. The Hall–Kier alpha value is -0.800. The molecule has 3 nitrogen and oxygen atoms in total. The van der Waals surface area contributed by atoms with Crippen molar-refractivity contribution >= 4 is 0 Å². The lowest BCUT2D eigenvalue weighted by Crippen LogP contribution is -2.35. The molecule has 2 N–H and O–H groups in total. The maximum absolute atomic E-state index is 9.78. The summed E-state index contributed by atoms with van der Waals surface area (Å²) in [5.74, 6) is 0.419. The molecule has 84 valence electrons. The van der Waals surface area contributed by atoms with Crippen LogP contribution in [-0.2, 0) is 0 Å². The predicted octanol–water partition coefficient (Wildman–Crippen LogP) is 2.42. The molecule has 2 rings (SSSR count). The van der Waals surface area contributed by atoms with Crippen LogP contribution in [-0.4, -0.2) is 21.6 Å². The maximum atomic E-state index is 9.78. The Kier molecular flexibility index (Phi) is 3.12. The van der Waals surface area contributed by atoms with E-state index < -0.39 is 6.23 Å². The van der Waals surface area contributed by atoms with Crippen LogP contribution in [0.15, 0.2) is 23.4 Å². The van der Waals surface area contributed by atoms with Gasteiger partial charge in [0.25, 0.3) is 0 Å². The van der Waals surface area contributed by atoms with E-state index in [9.17, 15) is 10.3 Å². The highest BCUT2D eigenvalue weighted by atomic mass is 16.5. The van der Waals surface area contributed by atoms with Gasteiger partial charge in [-0.05, 0) is 37.5 Å². The van der Waals surface area contributed by atoms with Gasteiger partial charge < -0.3 is 5.11 Å². The summed E-state index contributed by atoms with van der Waals surface area (Å²) in [7, 11) is 0. The Bertz CT molecular complexity index is 290. The SMILES string of the molecule is CC1=CC(O)N(O)C(C2CCCCC2)=C1. The number of nitrogens with zero attached hydrogens (tertiary/aromatic N) is 1. The molecule has 1 aliphatic carbocycles. The molecule has 0 bridgehead atoms. The van der Waals surface area contributed by atoms with Crippen molar-refractivity contribution in [1.29, 1.82) is 0 Å². The molecule has 1 aliphatic heterocycles. The lowest BCUT2D eigenvalue weighted by Gasteiger charge is -2.34. The van der Waals surface area contributed by atoms with Crippen LogP contribution in [0.1, 0.15) is 39.0 Å². The summed E-state index contributed by atoms with van der Waals surface area (Å²) >= 11 is 0. The molecule has 15 heavy (non-hydrogen) atoms. The topological polar surface area (TPSA) is 43.7 Å². The van der Waals surface area contributed by atoms with Gasteiger partial charge in [0.2, 0.25) is 0 Å². The summed E-state index contributed by atoms with van der Waals surface area (Å²) in [6, 6.07) is 0. The van der Waals surface area contributed by atoms with Gasteiger partial charge in [-0.1, -0.05) is 19.3 Å². The summed E-state index contributed by atoms with van der Waals surface area (Å²) in [6.45, 7) is 1.96. The monoisotopic (exact) mass is 209 g/mol. The molecule has 0 aromatic rings. The largest absolute Gasteiger partial charge is 0.368 e. The molecular formula is C12H19NO2. The van der Waals surface area contributed by atoms with Crippen LogP contribution in [0.5, 0.6) is 0 Å². The zero-order valence-corrected chi connectivity index (χ0v) is 9.19. The summed E-state index contributed by atoms with van der Waals surface area (Å²) in [5.41, 5.74) is 1.93. The molecule has 1 atom stereocenters. The molecule has 0 saturated heterocycles. The second kappa shape index (κ2) is 4.37. The zero-order chi connectivity index (χ0) is 10.8. The Morgan fingerprint density at radius 3 is 2.60 bits per heavy atom. The van der Waals surface area contributed by atoms with Crippen LogP contribution < -0.4 is 0 Å². The number of hydroxylamine groups is 2. The van der Waals surface area contributed by atoms with Crippen LogP contribution in [0.4, 0.5) is 0 Å². The first-order chi connectivity index (χ1) is 7.18. The smallest absolute Gasteiger partial charge is 0.170 e. The fourth-order valence-electron chi connectivity index (χ4n) is 2.51. The van der Waals surface area contributed by atoms with E-state index in [2.05, 4.69) is 0 Å². The van der Waals surface area contributed by atoms with E-state index in [1.54, 1.807) is 6.08 Å². The molecule has 0 radical (unpaired) electrons. The highest BCUT2D eigenvalue weighted by Crippen LogP contribution is 2.33. The minimum absolute atomic E-state index is 0.419. The van der Waals surface area contributed by atoms with E-state index in [-0.39, 0.29) is 0 Å². The Morgan fingerprint density at radius 2 is 1.93 bits per heavy atom. The first kappa shape index (κ1) is 10.7. The van der Waals surface area contributed by atoms with Gasteiger partial charge in [0.15, 0.2) is 6.23 Å². The van der Waals surface area contributed by atoms with Crippen molar-refractivity contribution in [3.05, 3.63) is 23.4 Å². The van der Waals surface area contributed by atoms with Crippen molar-refractivity contribution in [2.45, 2.75) is 45.3 Å². The van der Waals surface area contributed by atoms with Gasteiger partial charge in [0, 0.05) is 11.6 Å². The molecule has 3 heteroatoms. The molecule has 1 unspecified atom stereocenters. The van der Waals surface area contributed by atoms with Crippen molar-refractivity contribution in [1.82, 2.24) is 5.06 Å². The highest BCUT2D eigenvalue weighted by molar-refractivity contribution is 5.27. The molecule has 0 aromatic heterocycles. The van der Waals surface area contributed by atoms with Crippen molar-refractivity contribution in [2.75, 3.05) is 0 Å². The third-order valence-corrected chi connectivity index (χ3v) is 3.33. The third kappa shape index (κ3) is 2.24. The summed E-state index contributed by atoms with van der Waals surface area (Å²) in [6.07, 6.45) is 8.79.